The second kappa shape index (κ2) is 5.83. The molecule has 3 nitrogen and oxygen atoms in total. The lowest BCUT2D eigenvalue weighted by Crippen LogP contribution is -2.29. The minimum absolute atomic E-state index is 0.184. The number of carbonyl (C=O) groups is 1. The second-order valence-corrected chi connectivity index (χ2v) is 6.87. The number of aryl methyl sites for hydroxylation is 1. The van der Waals surface area contributed by atoms with Gasteiger partial charge in [-0.1, -0.05) is 6.07 Å². The molecule has 1 aromatic carbocycles. The number of ether oxygens (including phenoxy) is 1. The third-order valence-corrected chi connectivity index (χ3v) is 4.24. The maximum atomic E-state index is 11.9. The van der Waals surface area contributed by atoms with E-state index in [4.69, 9.17) is 4.74 Å². The van der Waals surface area contributed by atoms with E-state index in [0.29, 0.717) is 6.61 Å². The number of nitrogens with zero attached hydrogens (tertiary/aromatic N) is 1. The van der Waals surface area contributed by atoms with E-state index in [-0.39, 0.29) is 5.97 Å². The first kappa shape index (κ1) is 14.9. The molecule has 0 saturated heterocycles. The van der Waals surface area contributed by atoms with Gasteiger partial charge in [0.25, 0.3) is 0 Å². The van der Waals surface area contributed by atoms with Crippen molar-refractivity contribution in [3.8, 4) is 0 Å². The minimum atomic E-state index is -0.593. The van der Waals surface area contributed by atoms with Crippen molar-refractivity contribution in [1.29, 1.82) is 0 Å². The van der Waals surface area contributed by atoms with Crippen LogP contribution in [0.4, 0.5) is 0 Å². The first-order valence-corrected chi connectivity index (χ1v) is 7.46. The molecule has 1 heterocycles. The van der Waals surface area contributed by atoms with Crippen LogP contribution in [0.2, 0.25) is 0 Å². The van der Waals surface area contributed by atoms with Crippen LogP contribution in [0.5, 0.6) is 0 Å². The fraction of sp³-hybridized carbons (Fsp3) is 0.375. The van der Waals surface area contributed by atoms with Crippen LogP contribution in [0, 0.1) is 6.92 Å². The zero-order valence-electron chi connectivity index (χ0n) is 12.3. The summed E-state index contributed by atoms with van der Waals surface area (Å²) >= 11 is 1.52. The predicted octanol–water partition coefficient (Wildman–Crippen LogP) is 3.98. The van der Waals surface area contributed by atoms with Gasteiger partial charge in [0.05, 0.1) is 6.61 Å². The SMILES string of the molecule is CCOC(=O)C(C)(C)Sc1ccc2cncc(C)c2c1. The van der Waals surface area contributed by atoms with Crippen LogP contribution in [-0.4, -0.2) is 22.3 Å². The molecule has 0 saturated carbocycles. The Morgan fingerprint density at radius 3 is 2.80 bits per heavy atom. The highest BCUT2D eigenvalue weighted by Gasteiger charge is 2.30. The van der Waals surface area contributed by atoms with Crippen molar-refractivity contribution in [2.24, 2.45) is 0 Å². The van der Waals surface area contributed by atoms with Crippen molar-refractivity contribution in [2.45, 2.75) is 37.3 Å². The van der Waals surface area contributed by atoms with Crippen LogP contribution in [-0.2, 0) is 9.53 Å². The number of benzene rings is 1. The second-order valence-electron chi connectivity index (χ2n) is 5.17. The van der Waals surface area contributed by atoms with Crippen molar-refractivity contribution < 1.29 is 9.53 Å². The Bertz CT molecular complexity index is 637. The van der Waals surface area contributed by atoms with Gasteiger partial charge in [-0.2, -0.15) is 0 Å². The smallest absolute Gasteiger partial charge is 0.321 e. The van der Waals surface area contributed by atoms with Crippen LogP contribution in [0.1, 0.15) is 26.3 Å². The number of esters is 1. The molecule has 0 atom stereocenters. The summed E-state index contributed by atoms with van der Waals surface area (Å²) in [5.41, 5.74) is 1.14. The van der Waals surface area contributed by atoms with Crippen LogP contribution in [0.3, 0.4) is 0 Å². The normalized spacial score (nSPS) is 11.6. The van der Waals surface area contributed by atoms with Crippen molar-refractivity contribution in [3.63, 3.8) is 0 Å². The Balaban J connectivity index is 2.30. The number of pyridine rings is 1. The Morgan fingerprint density at radius 1 is 1.35 bits per heavy atom. The maximum Gasteiger partial charge on any atom is 0.321 e. The fourth-order valence-electron chi connectivity index (χ4n) is 1.99. The molecule has 0 fully saturated rings. The standard InChI is InChI=1S/C16H19NO2S/c1-5-19-15(18)16(3,4)20-13-7-6-12-10-17-9-11(2)14(12)8-13/h6-10H,5H2,1-4H3. The van der Waals surface area contributed by atoms with Gasteiger partial charge in [-0.3, -0.25) is 9.78 Å². The summed E-state index contributed by atoms with van der Waals surface area (Å²) in [4.78, 5) is 17.2. The van der Waals surface area contributed by atoms with E-state index in [0.717, 1.165) is 15.8 Å². The van der Waals surface area contributed by atoms with E-state index in [2.05, 4.69) is 11.1 Å². The first-order chi connectivity index (χ1) is 9.44. The molecule has 2 aromatic rings. The molecule has 0 N–H and O–H groups in total. The topological polar surface area (TPSA) is 39.2 Å². The van der Waals surface area contributed by atoms with E-state index >= 15 is 0 Å². The maximum absolute atomic E-state index is 11.9. The average molecular weight is 289 g/mol. The van der Waals surface area contributed by atoms with Gasteiger partial charge < -0.3 is 4.74 Å². The largest absolute Gasteiger partial charge is 0.465 e. The molecule has 20 heavy (non-hydrogen) atoms. The zero-order chi connectivity index (χ0) is 14.8. The summed E-state index contributed by atoms with van der Waals surface area (Å²) in [7, 11) is 0. The van der Waals surface area contributed by atoms with Gasteiger partial charge in [0, 0.05) is 22.7 Å². The number of hydrogen-bond acceptors (Lipinski definition) is 4. The molecule has 1 aromatic heterocycles. The quantitative estimate of drug-likeness (QED) is 0.630. The average Bonchev–Trinajstić information content (AvgIpc) is 2.39. The number of rotatable bonds is 4. The monoisotopic (exact) mass is 289 g/mol. The molecule has 0 unspecified atom stereocenters. The molecule has 0 radical (unpaired) electrons. The highest BCUT2D eigenvalue weighted by molar-refractivity contribution is 8.01. The van der Waals surface area contributed by atoms with Crippen LogP contribution in [0.15, 0.2) is 35.5 Å². The Labute approximate surface area is 123 Å². The summed E-state index contributed by atoms with van der Waals surface area (Å²) in [5.74, 6) is -0.184. The number of thioether (sulfide) groups is 1. The van der Waals surface area contributed by atoms with Gasteiger partial charge in [-0.05, 0) is 50.8 Å². The van der Waals surface area contributed by atoms with Gasteiger partial charge in [0.15, 0.2) is 0 Å². The lowest BCUT2D eigenvalue weighted by Gasteiger charge is -2.21. The highest BCUT2D eigenvalue weighted by Crippen LogP contribution is 2.35. The molecule has 0 aliphatic heterocycles. The first-order valence-electron chi connectivity index (χ1n) is 6.64. The molecule has 0 spiro atoms. The summed E-state index contributed by atoms with van der Waals surface area (Å²) in [6, 6.07) is 6.17. The number of hydrogen-bond donors (Lipinski definition) is 0. The van der Waals surface area contributed by atoms with E-state index < -0.39 is 4.75 Å². The van der Waals surface area contributed by atoms with Crippen LogP contribution in [0.25, 0.3) is 10.8 Å². The van der Waals surface area contributed by atoms with Gasteiger partial charge in [0.2, 0.25) is 0 Å². The van der Waals surface area contributed by atoms with Gasteiger partial charge in [-0.25, -0.2) is 0 Å². The third kappa shape index (κ3) is 3.12. The van der Waals surface area contributed by atoms with Crippen LogP contribution >= 0.6 is 11.8 Å². The molecular formula is C16H19NO2S. The van der Waals surface area contributed by atoms with Crippen molar-refractivity contribution in [3.05, 3.63) is 36.2 Å². The molecule has 0 aliphatic rings. The highest BCUT2D eigenvalue weighted by atomic mass is 32.2. The molecule has 0 amide bonds. The lowest BCUT2D eigenvalue weighted by molar-refractivity contribution is -0.145. The van der Waals surface area contributed by atoms with Crippen molar-refractivity contribution >= 4 is 28.5 Å². The van der Waals surface area contributed by atoms with Crippen molar-refractivity contribution in [2.75, 3.05) is 6.61 Å². The summed E-state index contributed by atoms with van der Waals surface area (Å²) in [5, 5.41) is 2.29. The Morgan fingerprint density at radius 2 is 2.10 bits per heavy atom. The Kier molecular flexibility index (Phi) is 4.33. The van der Waals surface area contributed by atoms with E-state index in [1.807, 2.05) is 52.2 Å². The molecule has 106 valence electrons. The van der Waals surface area contributed by atoms with E-state index in [1.54, 1.807) is 0 Å². The summed E-state index contributed by atoms with van der Waals surface area (Å²) in [6.45, 7) is 8.05. The van der Waals surface area contributed by atoms with Gasteiger partial charge >= 0.3 is 5.97 Å². The van der Waals surface area contributed by atoms with Crippen molar-refractivity contribution in [1.82, 2.24) is 4.98 Å². The number of fused-ring (bicyclic) bond motifs is 1. The lowest BCUT2D eigenvalue weighted by atomic mass is 10.1. The fourth-order valence-corrected chi connectivity index (χ4v) is 3.04. The minimum Gasteiger partial charge on any atom is -0.465 e. The number of carbonyl (C=O) groups excluding carboxylic acids is 1. The molecule has 2 rings (SSSR count). The van der Waals surface area contributed by atoms with Crippen LogP contribution < -0.4 is 0 Å². The van der Waals surface area contributed by atoms with E-state index in [1.165, 1.54) is 17.1 Å². The van der Waals surface area contributed by atoms with E-state index in [9.17, 15) is 4.79 Å². The molecule has 4 heteroatoms. The zero-order valence-corrected chi connectivity index (χ0v) is 13.1. The van der Waals surface area contributed by atoms with Gasteiger partial charge in [-0.15, -0.1) is 11.8 Å². The van der Waals surface area contributed by atoms with Gasteiger partial charge in [0.1, 0.15) is 4.75 Å². The number of aromatic nitrogens is 1. The Hall–Kier alpha value is -1.55. The molecular weight excluding hydrogens is 270 g/mol. The molecule has 0 bridgehead atoms. The molecule has 0 aliphatic carbocycles. The summed E-state index contributed by atoms with van der Waals surface area (Å²) < 4.78 is 4.53. The third-order valence-electron chi connectivity index (χ3n) is 3.07. The predicted molar refractivity (Wildman–Crippen MR) is 83.0 cm³/mol. The summed E-state index contributed by atoms with van der Waals surface area (Å²) in [6.07, 6.45) is 3.71.